The van der Waals surface area contributed by atoms with Crippen LogP contribution in [-0.4, -0.2) is 38.0 Å². The van der Waals surface area contributed by atoms with E-state index in [-0.39, 0.29) is 29.4 Å². The molecule has 2 aliphatic heterocycles. The van der Waals surface area contributed by atoms with Gasteiger partial charge in [-0.1, -0.05) is 18.2 Å². The number of aromatic nitrogens is 3. The minimum atomic E-state index is -0.118. The molecule has 4 heterocycles. The molecule has 0 radical (unpaired) electrons. The zero-order valence-electron chi connectivity index (χ0n) is 16.0. The maximum Gasteiger partial charge on any atom is 0.261 e. The Morgan fingerprint density at radius 3 is 2.79 bits per heavy atom. The molecule has 7 nitrogen and oxygen atoms in total. The molecular formula is C22H22N4O3. The van der Waals surface area contributed by atoms with Gasteiger partial charge in [0, 0.05) is 50.3 Å². The molecule has 2 aromatic heterocycles. The fraction of sp³-hybridized carbons (Fsp3) is 0.364. The SMILES string of the molecule is O=C(CCn1cnc2ccccc2c1=O)N1C[C@H]2C[C@H](C1)c1cccc(=O)n1C2. The van der Waals surface area contributed by atoms with Crippen LogP contribution in [0.5, 0.6) is 0 Å². The minimum Gasteiger partial charge on any atom is -0.342 e. The molecule has 1 fully saturated rings. The van der Waals surface area contributed by atoms with E-state index in [1.54, 1.807) is 18.2 Å². The molecule has 0 saturated carbocycles. The molecule has 2 atom stereocenters. The third-order valence-electron chi connectivity index (χ3n) is 6.13. The number of piperidine rings is 1. The highest BCUT2D eigenvalue weighted by atomic mass is 16.2. The van der Waals surface area contributed by atoms with Crippen LogP contribution in [0, 0.1) is 5.92 Å². The van der Waals surface area contributed by atoms with Gasteiger partial charge in [0.1, 0.15) is 0 Å². The first kappa shape index (κ1) is 17.8. The van der Waals surface area contributed by atoms with Crippen molar-refractivity contribution in [1.82, 2.24) is 19.0 Å². The fourth-order valence-corrected chi connectivity index (χ4v) is 4.74. The summed E-state index contributed by atoms with van der Waals surface area (Å²) in [7, 11) is 0. The number of nitrogens with zero attached hydrogens (tertiary/aromatic N) is 4. The van der Waals surface area contributed by atoms with Gasteiger partial charge in [0.05, 0.1) is 17.2 Å². The second-order valence-electron chi connectivity index (χ2n) is 8.01. The largest absolute Gasteiger partial charge is 0.342 e. The quantitative estimate of drug-likeness (QED) is 0.681. The lowest BCUT2D eigenvalue weighted by Crippen LogP contribution is -2.49. The maximum atomic E-state index is 12.9. The van der Waals surface area contributed by atoms with Crippen molar-refractivity contribution in [2.45, 2.75) is 31.8 Å². The summed E-state index contributed by atoms with van der Waals surface area (Å²) < 4.78 is 3.38. The van der Waals surface area contributed by atoms with Crippen molar-refractivity contribution in [3.63, 3.8) is 0 Å². The van der Waals surface area contributed by atoms with Gasteiger partial charge in [-0.15, -0.1) is 0 Å². The van der Waals surface area contributed by atoms with Gasteiger partial charge in [-0.2, -0.15) is 0 Å². The van der Waals surface area contributed by atoms with Gasteiger partial charge in [0.2, 0.25) is 5.91 Å². The van der Waals surface area contributed by atoms with Crippen molar-refractivity contribution < 1.29 is 4.79 Å². The van der Waals surface area contributed by atoms with Gasteiger partial charge in [-0.05, 0) is 30.5 Å². The number of amides is 1. The first-order chi connectivity index (χ1) is 14.1. The van der Waals surface area contributed by atoms with E-state index in [9.17, 15) is 14.4 Å². The monoisotopic (exact) mass is 390 g/mol. The Balaban J connectivity index is 1.31. The van der Waals surface area contributed by atoms with E-state index in [2.05, 4.69) is 4.98 Å². The smallest absolute Gasteiger partial charge is 0.261 e. The summed E-state index contributed by atoms with van der Waals surface area (Å²) in [6, 6.07) is 12.6. The Morgan fingerprint density at radius 1 is 1.03 bits per heavy atom. The summed E-state index contributed by atoms with van der Waals surface area (Å²) in [6.45, 7) is 2.28. The second kappa shape index (κ2) is 6.99. The van der Waals surface area contributed by atoms with Crippen LogP contribution in [0.1, 0.15) is 24.5 Å². The minimum absolute atomic E-state index is 0.0418. The molecule has 3 aromatic rings. The van der Waals surface area contributed by atoms with E-state index in [1.165, 1.54) is 10.9 Å². The van der Waals surface area contributed by atoms with Crippen molar-refractivity contribution in [3.8, 4) is 0 Å². The van der Waals surface area contributed by atoms with Gasteiger partial charge in [-0.3, -0.25) is 19.0 Å². The Labute approximate surface area is 167 Å². The highest BCUT2D eigenvalue weighted by Crippen LogP contribution is 2.35. The van der Waals surface area contributed by atoms with E-state index < -0.39 is 0 Å². The number of carbonyl (C=O) groups excluding carboxylic acids is 1. The van der Waals surface area contributed by atoms with Crippen molar-refractivity contribution in [1.29, 1.82) is 0 Å². The van der Waals surface area contributed by atoms with E-state index in [0.717, 1.165) is 12.1 Å². The topological polar surface area (TPSA) is 77.2 Å². The number of fused-ring (bicyclic) bond motifs is 5. The third-order valence-corrected chi connectivity index (χ3v) is 6.13. The highest BCUT2D eigenvalue weighted by molar-refractivity contribution is 5.77. The summed E-state index contributed by atoms with van der Waals surface area (Å²) in [4.78, 5) is 43.8. The molecule has 1 saturated heterocycles. The molecule has 0 N–H and O–H groups in total. The normalized spacial score (nSPS) is 20.5. The number of benzene rings is 1. The van der Waals surface area contributed by atoms with Crippen molar-refractivity contribution in [3.05, 3.63) is 75.2 Å². The number of hydrogen-bond donors (Lipinski definition) is 0. The van der Waals surface area contributed by atoms with Crippen LogP contribution in [0.25, 0.3) is 10.9 Å². The summed E-state index contributed by atoms with van der Waals surface area (Å²) >= 11 is 0. The average molecular weight is 390 g/mol. The van der Waals surface area contributed by atoms with Crippen LogP contribution < -0.4 is 11.1 Å². The van der Waals surface area contributed by atoms with E-state index >= 15 is 0 Å². The highest BCUT2D eigenvalue weighted by Gasteiger charge is 2.35. The van der Waals surface area contributed by atoms with E-state index in [1.807, 2.05) is 33.7 Å². The lowest BCUT2D eigenvalue weighted by molar-refractivity contribution is -0.134. The number of pyridine rings is 1. The van der Waals surface area contributed by atoms with Crippen LogP contribution in [0.4, 0.5) is 0 Å². The first-order valence-electron chi connectivity index (χ1n) is 10.0. The Bertz CT molecular complexity index is 1210. The molecule has 148 valence electrons. The van der Waals surface area contributed by atoms with Crippen LogP contribution >= 0.6 is 0 Å². The molecule has 2 bridgehead atoms. The first-order valence-corrected chi connectivity index (χ1v) is 10.0. The predicted octanol–water partition coefficient (Wildman–Crippen LogP) is 1.59. The zero-order valence-corrected chi connectivity index (χ0v) is 16.0. The molecule has 2 aliphatic rings. The molecule has 5 rings (SSSR count). The van der Waals surface area contributed by atoms with Crippen LogP contribution in [-0.2, 0) is 17.9 Å². The molecule has 0 unspecified atom stereocenters. The fourth-order valence-electron chi connectivity index (χ4n) is 4.74. The average Bonchev–Trinajstić information content (AvgIpc) is 2.74. The molecule has 1 amide bonds. The number of likely N-dealkylation sites (tertiary alicyclic amines) is 1. The van der Waals surface area contributed by atoms with Gasteiger partial charge in [-0.25, -0.2) is 4.98 Å². The standard InChI is InChI=1S/C22H22N4O3/c27-20(8-9-24-14-23-18-5-2-1-4-17(18)22(24)29)25-11-15-10-16(13-25)19-6-3-7-21(28)26(19)12-15/h1-7,14-16H,8-13H2/t15-,16-/m1/s1. The zero-order chi connectivity index (χ0) is 20.0. The number of hydrogen-bond acceptors (Lipinski definition) is 4. The number of para-hydroxylation sites is 1. The van der Waals surface area contributed by atoms with Gasteiger partial charge < -0.3 is 9.47 Å². The Hall–Kier alpha value is -3.22. The number of aryl methyl sites for hydroxylation is 1. The summed E-state index contributed by atoms with van der Waals surface area (Å²) in [5.74, 6) is 0.548. The Morgan fingerprint density at radius 2 is 1.90 bits per heavy atom. The van der Waals surface area contributed by atoms with Crippen LogP contribution in [0.15, 0.2) is 58.4 Å². The van der Waals surface area contributed by atoms with Gasteiger partial charge >= 0.3 is 0 Å². The lowest BCUT2D eigenvalue weighted by atomic mass is 9.83. The number of rotatable bonds is 3. The molecule has 0 aliphatic carbocycles. The molecule has 7 heteroatoms. The second-order valence-corrected chi connectivity index (χ2v) is 8.01. The predicted molar refractivity (Wildman–Crippen MR) is 109 cm³/mol. The van der Waals surface area contributed by atoms with Crippen LogP contribution in [0.2, 0.25) is 0 Å². The molecular weight excluding hydrogens is 368 g/mol. The molecule has 1 aromatic carbocycles. The molecule has 29 heavy (non-hydrogen) atoms. The van der Waals surface area contributed by atoms with E-state index in [0.29, 0.717) is 43.0 Å². The van der Waals surface area contributed by atoms with Gasteiger partial charge in [0.25, 0.3) is 11.1 Å². The summed E-state index contributed by atoms with van der Waals surface area (Å²) in [6.07, 6.45) is 2.80. The van der Waals surface area contributed by atoms with Crippen molar-refractivity contribution in [2.24, 2.45) is 5.92 Å². The lowest BCUT2D eigenvalue weighted by Gasteiger charge is -2.42. The molecule has 0 spiro atoms. The van der Waals surface area contributed by atoms with Gasteiger partial charge in [0.15, 0.2) is 0 Å². The van der Waals surface area contributed by atoms with Crippen LogP contribution in [0.3, 0.4) is 0 Å². The Kier molecular flexibility index (Phi) is 4.30. The maximum absolute atomic E-state index is 12.9. The van der Waals surface area contributed by atoms with Crippen molar-refractivity contribution >= 4 is 16.8 Å². The number of carbonyl (C=O) groups is 1. The third kappa shape index (κ3) is 3.16. The summed E-state index contributed by atoms with van der Waals surface area (Å²) in [5.41, 5.74) is 1.62. The van der Waals surface area contributed by atoms with E-state index in [4.69, 9.17) is 0 Å². The van der Waals surface area contributed by atoms with Crippen molar-refractivity contribution in [2.75, 3.05) is 13.1 Å². The summed E-state index contributed by atoms with van der Waals surface area (Å²) in [5, 5.41) is 0.567.